The average Bonchev–Trinajstić information content (AvgIpc) is 2.31. The Balaban J connectivity index is 0.000000606. The molecule has 0 unspecified atom stereocenters. The lowest BCUT2D eigenvalue weighted by atomic mass is 9.94. The molecule has 0 spiro atoms. The fraction of sp³-hybridized carbons (Fsp3) is 0.500. The first-order chi connectivity index (χ1) is 7.86. The largest absolute Gasteiger partial charge is 0.316 e. The van der Waals surface area contributed by atoms with Crippen LogP contribution in [0.3, 0.4) is 0 Å². The smallest absolute Gasteiger partial charge is 0.162 e. The normalized spacial score (nSPS) is 14.6. The third-order valence-corrected chi connectivity index (χ3v) is 2.74. The van der Waals surface area contributed by atoms with Crippen molar-refractivity contribution in [3.63, 3.8) is 0 Å². The van der Waals surface area contributed by atoms with Crippen LogP contribution in [0.15, 0.2) is 30.3 Å². The highest BCUT2D eigenvalue weighted by molar-refractivity contribution is 5.95. The van der Waals surface area contributed by atoms with E-state index in [1.165, 1.54) is 0 Å². The Morgan fingerprint density at radius 3 is 2.38 bits per heavy atom. The molecule has 0 aliphatic carbocycles. The molecule has 16 heavy (non-hydrogen) atoms. The van der Waals surface area contributed by atoms with E-state index in [2.05, 4.69) is 5.32 Å². The molecule has 0 amide bonds. The van der Waals surface area contributed by atoms with E-state index in [-0.39, 0.29) is 5.78 Å². The number of Topliss-reactive ketones (excluding diaryl/α,β-unsaturated/α-hetero) is 1. The molecule has 1 aliphatic heterocycles. The molecule has 1 aromatic rings. The Hall–Kier alpha value is -1.15. The summed E-state index contributed by atoms with van der Waals surface area (Å²) < 4.78 is 0. The molecule has 2 heteroatoms. The molecule has 88 valence electrons. The maximum atomic E-state index is 11.7. The van der Waals surface area contributed by atoms with E-state index in [1.54, 1.807) is 0 Å². The lowest BCUT2D eigenvalue weighted by Gasteiger charge is -2.26. The van der Waals surface area contributed by atoms with Gasteiger partial charge in [0.1, 0.15) is 0 Å². The molecule has 1 heterocycles. The summed E-state index contributed by atoms with van der Waals surface area (Å²) in [5.41, 5.74) is 0.847. The highest BCUT2D eigenvalue weighted by Gasteiger charge is 2.17. The summed E-state index contributed by atoms with van der Waals surface area (Å²) in [6.07, 6.45) is 1.72. The van der Waals surface area contributed by atoms with E-state index >= 15 is 0 Å². The van der Waals surface area contributed by atoms with Crippen LogP contribution in [-0.2, 0) is 0 Å². The Kier molecular flexibility index (Phi) is 5.79. The van der Waals surface area contributed by atoms with E-state index in [0.29, 0.717) is 6.42 Å². The van der Waals surface area contributed by atoms with Crippen molar-refractivity contribution in [1.29, 1.82) is 0 Å². The van der Waals surface area contributed by atoms with Gasteiger partial charge in [0.05, 0.1) is 0 Å². The van der Waals surface area contributed by atoms with Gasteiger partial charge in [0.25, 0.3) is 0 Å². The van der Waals surface area contributed by atoms with Crippen LogP contribution in [0.5, 0.6) is 0 Å². The molecule has 1 saturated heterocycles. The summed E-state index contributed by atoms with van der Waals surface area (Å²) in [5, 5.41) is 3.21. The average molecular weight is 219 g/mol. The molecule has 1 N–H and O–H groups in total. The Morgan fingerprint density at radius 2 is 1.88 bits per heavy atom. The van der Waals surface area contributed by atoms with Gasteiger partial charge < -0.3 is 5.32 Å². The van der Waals surface area contributed by atoms with Crippen LogP contribution >= 0.6 is 0 Å². The van der Waals surface area contributed by atoms with Crippen molar-refractivity contribution in [2.45, 2.75) is 26.7 Å². The molecule has 1 aliphatic rings. The van der Waals surface area contributed by atoms with Gasteiger partial charge in [-0.3, -0.25) is 4.79 Å². The van der Waals surface area contributed by atoms with Crippen LogP contribution in [0.1, 0.15) is 37.0 Å². The van der Waals surface area contributed by atoms with Crippen LogP contribution in [0.4, 0.5) is 0 Å². The standard InChI is InChI=1S/C12H15NO.C2H6/c14-12(7-6-10-8-13-9-10)11-4-2-1-3-5-11;1-2/h1-5,10,13H,6-9H2;1-2H3. The van der Waals surface area contributed by atoms with Crippen LogP contribution < -0.4 is 5.32 Å². The summed E-state index contributed by atoms with van der Waals surface area (Å²) in [5.74, 6) is 1.00. The highest BCUT2D eigenvalue weighted by atomic mass is 16.1. The van der Waals surface area contributed by atoms with E-state index in [0.717, 1.165) is 31.0 Å². The molecular formula is C14H21NO. The van der Waals surface area contributed by atoms with Gasteiger partial charge in [-0.2, -0.15) is 0 Å². The summed E-state index contributed by atoms with van der Waals surface area (Å²) in [7, 11) is 0. The van der Waals surface area contributed by atoms with E-state index in [4.69, 9.17) is 0 Å². The first kappa shape index (κ1) is 12.9. The van der Waals surface area contributed by atoms with Crippen LogP contribution in [0.2, 0.25) is 0 Å². The summed E-state index contributed by atoms with van der Waals surface area (Å²) >= 11 is 0. The first-order valence-electron chi connectivity index (χ1n) is 6.15. The minimum atomic E-state index is 0.275. The number of hydrogen-bond donors (Lipinski definition) is 1. The molecular weight excluding hydrogens is 198 g/mol. The summed E-state index contributed by atoms with van der Waals surface area (Å²) in [6, 6.07) is 9.55. The van der Waals surface area contributed by atoms with Crippen molar-refractivity contribution in [3.05, 3.63) is 35.9 Å². The molecule has 2 nitrogen and oxygen atoms in total. The molecule has 1 aromatic carbocycles. The highest BCUT2D eigenvalue weighted by Crippen LogP contribution is 2.13. The zero-order chi connectivity index (χ0) is 11.8. The van der Waals surface area contributed by atoms with Crippen molar-refractivity contribution in [1.82, 2.24) is 5.32 Å². The second kappa shape index (κ2) is 7.18. The van der Waals surface area contributed by atoms with E-state index in [1.807, 2.05) is 44.2 Å². The van der Waals surface area contributed by atoms with Gasteiger partial charge in [0.2, 0.25) is 0 Å². The summed E-state index contributed by atoms with van der Waals surface area (Å²) in [6.45, 7) is 6.17. The maximum Gasteiger partial charge on any atom is 0.162 e. The lowest BCUT2D eigenvalue weighted by molar-refractivity contribution is 0.0969. The predicted molar refractivity (Wildman–Crippen MR) is 67.7 cm³/mol. The number of nitrogens with one attached hydrogen (secondary N) is 1. The molecule has 0 aromatic heterocycles. The lowest BCUT2D eigenvalue weighted by Crippen LogP contribution is -2.42. The second-order valence-electron chi connectivity index (χ2n) is 3.85. The van der Waals surface area contributed by atoms with Crippen molar-refractivity contribution in [3.8, 4) is 0 Å². The van der Waals surface area contributed by atoms with E-state index in [9.17, 15) is 4.79 Å². The van der Waals surface area contributed by atoms with Crippen molar-refractivity contribution < 1.29 is 4.79 Å². The van der Waals surface area contributed by atoms with Gasteiger partial charge in [-0.25, -0.2) is 0 Å². The summed E-state index contributed by atoms with van der Waals surface area (Å²) in [4.78, 5) is 11.7. The number of hydrogen-bond acceptors (Lipinski definition) is 2. The zero-order valence-corrected chi connectivity index (χ0v) is 10.2. The quantitative estimate of drug-likeness (QED) is 0.789. The van der Waals surface area contributed by atoms with Crippen molar-refractivity contribution >= 4 is 5.78 Å². The van der Waals surface area contributed by atoms with Crippen LogP contribution in [0.25, 0.3) is 0 Å². The predicted octanol–water partition coefficient (Wildman–Crippen LogP) is 2.90. The number of carbonyl (C=O) groups excluding carboxylic acids is 1. The number of rotatable bonds is 4. The molecule has 0 radical (unpaired) electrons. The third kappa shape index (κ3) is 3.78. The maximum absolute atomic E-state index is 11.7. The van der Waals surface area contributed by atoms with Crippen molar-refractivity contribution in [2.24, 2.45) is 5.92 Å². The fourth-order valence-corrected chi connectivity index (χ4v) is 1.66. The van der Waals surface area contributed by atoms with Gasteiger partial charge in [0, 0.05) is 12.0 Å². The van der Waals surface area contributed by atoms with Gasteiger partial charge in [0.15, 0.2) is 5.78 Å². The number of carbonyl (C=O) groups is 1. The third-order valence-electron chi connectivity index (χ3n) is 2.74. The molecule has 0 bridgehead atoms. The Bertz CT molecular complexity index is 304. The second-order valence-corrected chi connectivity index (χ2v) is 3.85. The molecule has 1 fully saturated rings. The minimum Gasteiger partial charge on any atom is -0.316 e. The number of ketones is 1. The molecule has 0 saturated carbocycles. The fourth-order valence-electron chi connectivity index (χ4n) is 1.66. The van der Waals surface area contributed by atoms with Crippen molar-refractivity contribution in [2.75, 3.05) is 13.1 Å². The SMILES string of the molecule is CC.O=C(CCC1CNC1)c1ccccc1. The number of benzene rings is 1. The van der Waals surface area contributed by atoms with Crippen LogP contribution in [0, 0.1) is 5.92 Å². The van der Waals surface area contributed by atoms with Gasteiger partial charge >= 0.3 is 0 Å². The molecule has 0 atom stereocenters. The minimum absolute atomic E-state index is 0.275. The van der Waals surface area contributed by atoms with E-state index < -0.39 is 0 Å². The van der Waals surface area contributed by atoms with Gasteiger partial charge in [-0.15, -0.1) is 0 Å². The van der Waals surface area contributed by atoms with Gasteiger partial charge in [-0.1, -0.05) is 44.2 Å². The Morgan fingerprint density at radius 1 is 1.25 bits per heavy atom. The Labute approximate surface area is 98.1 Å². The first-order valence-corrected chi connectivity index (χ1v) is 6.15. The molecule has 2 rings (SSSR count). The zero-order valence-electron chi connectivity index (χ0n) is 10.2. The topological polar surface area (TPSA) is 29.1 Å². The monoisotopic (exact) mass is 219 g/mol. The van der Waals surface area contributed by atoms with Gasteiger partial charge in [-0.05, 0) is 25.4 Å². The van der Waals surface area contributed by atoms with Crippen LogP contribution in [-0.4, -0.2) is 18.9 Å².